The van der Waals surface area contributed by atoms with Crippen LogP contribution in [0.4, 0.5) is 4.79 Å². The molecule has 2 aliphatic rings. The highest BCUT2D eigenvalue weighted by atomic mass is 16.2. The van der Waals surface area contributed by atoms with Crippen molar-refractivity contribution in [2.45, 2.75) is 64.0 Å². The van der Waals surface area contributed by atoms with E-state index in [9.17, 15) is 9.59 Å². The lowest BCUT2D eigenvalue weighted by Crippen LogP contribution is -2.49. The van der Waals surface area contributed by atoms with Crippen molar-refractivity contribution in [3.8, 4) is 0 Å². The SMILES string of the molecule is CC(C)c1cccc(CN2C(=O)N(C)C3(CCCCC3)C2=O)n1. The van der Waals surface area contributed by atoms with Gasteiger partial charge in [-0.2, -0.15) is 0 Å². The molecule has 0 unspecified atom stereocenters. The summed E-state index contributed by atoms with van der Waals surface area (Å²) >= 11 is 0. The molecule has 2 fully saturated rings. The standard InChI is InChI=1S/C18H25N3O2/c1-13(2)15-9-7-8-14(19-15)12-21-16(22)18(20(3)17(21)23)10-5-4-6-11-18/h7-9,13H,4-6,10-12H2,1-3H3. The molecule has 3 amide bonds. The molecule has 0 bridgehead atoms. The zero-order valence-corrected chi connectivity index (χ0v) is 14.2. The summed E-state index contributed by atoms with van der Waals surface area (Å²) in [6.45, 7) is 4.44. The van der Waals surface area contributed by atoms with E-state index in [0.29, 0.717) is 5.92 Å². The summed E-state index contributed by atoms with van der Waals surface area (Å²) in [6, 6.07) is 5.63. The summed E-state index contributed by atoms with van der Waals surface area (Å²) in [5.41, 5.74) is 1.16. The van der Waals surface area contributed by atoms with Crippen molar-refractivity contribution < 1.29 is 9.59 Å². The number of urea groups is 1. The molecule has 1 spiro atoms. The Morgan fingerprint density at radius 1 is 1.17 bits per heavy atom. The smallest absolute Gasteiger partial charge is 0.313 e. The van der Waals surface area contributed by atoms with Gasteiger partial charge in [0.05, 0.1) is 12.2 Å². The van der Waals surface area contributed by atoms with Crippen LogP contribution in [-0.2, 0) is 11.3 Å². The van der Waals surface area contributed by atoms with Crippen LogP contribution in [0.5, 0.6) is 0 Å². The fourth-order valence-corrected chi connectivity index (χ4v) is 3.74. The molecule has 23 heavy (non-hydrogen) atoms. The Labute approximate surface area is 137 Å². The minimum Gasteiger partial charge on any atom is -0.313 e. The van der Waals surface area contributed by atoms with Gasteiger partial charge in [-0.25, -0.2) is 4.79 Å². The topological polar surface area (TPSA) is 53.5 Å². The van der Waals surface area contributed by atoms with Crippen LogP contribution in [0.1, 0.15) is 63.3 Å². The summed E-state index contributed by atoms with van der Waals surface area (Å²) in [7, 11) is 1.77. The Bertz CT molecular complexity index is 620. The zero-order chi connectivity index (χ0) is 16.6. The molecular formula is C18H25N3O2. The van der Waals surface area contributed by atoms with Gasteiger partial charge in [0.2, 0.25) is 0 Å². The molecule has 5 nitrogen and oxygen atoms in total. The van der Waals surface area contributed by atoms with Crippen LogP contribution in [0, 0.1) is 0 Å². The fourth-order valence-electron chi connectivity index (χ4n) is 3.74. The first-order valence-corrected chi connectivity index (χ1v) is 8.51. The Hall–Kier alpha value is -1.91. The van der Waals surface area contributed by atoms with Crippen LogP contribution in [0.3, 0.4) is 0 Å². The van der Waals surface area contributed by atoms with Crippen molar-refractivity contribution in [3.05, 3.63) is 29.6 Å². The van der Waals surface area contributed by atoms with E-state index >= 15 is 0 Å². The number of aromatic nitrogens is 1. The highest BCUT2D eigenvalue weighted by Crippen LogP contribution is 2.39. The third-order valence-corrected chi connectivity index (χ3v) is 5.22. The molecule has 1 aliphatic carbocycles. The first-order chi connectivity index (χ1) is 11.0. The van der Waals surface area contributed by atoms with E-state index in [2.05, 4.69) is 18.8 Å². The van der Waals surface area contributed by atoms with Crippen LogP contribution < -0.4 is 0 Å². The monoisotopic (exact) mass is 315 g/mol. The number of imide groups is 1. The van der Waals surface area contributed by atoms with E-state index < -0.39 is 5.54 Å². The molecule has 5 heteroatoms. The number of rotatable bonds is 3. The van der Waals surface area contributed by atoms with Gasteiger partial charge in [-0.1, -0.05) is 39.2 Å². The van der Waals surface area contributed by atoms with Gasteiger partial charge in [0, 0.05) is 12.7 Å². The van der Waals surface area contributed by atoms with E-state index in [-0.39, 0.29) is 18.5 Å². The second-order valence-electron chi connectivity index (χ2n) is 7.03. The lowest BCUT2D eigenvalue weighted by Gasteiger charge is -2.35. The van der Waals surface area contributed by atoms with E-state index in [1.165, 1.54) is 4.90 Å². The molecule has 0 N–H and O–H groups in total. The molecule has 1 saturated heterocycles. The van der Waals surface area contributed by atoms with Gasteiger partial charge in [0.1, 0.15) is 5.54 Å². The number of carbonyl (C=O) groups is 2. The minimum absolute atomic E-state index is 0.0403. The minimum atomic E-state index is -0.606. The maximum Gasteiger partial charge on any atom is 0.327 e. The number of pyridine rings is 1. The van der Waals surface area contributed by atoms with E-state index in [0.717, 1.165) is 43.5 Å². The number of amides is 3. The molecule has 1 saturated carbocycles. The van der Waals surface area contributed by atoms with Gasteiger partial charge in [0.25, 0.3) is 5.91 Å². The maximum atomic E-state index is 13.0. The van der Waals surface area contributed by atoms with Crippen LogP contribution in [0.2, 0.25) is 0 Å². The van der Waals surface area contributed by atoms with E-state index in [1.807, 2.05) is 18.2 Å². The summed E-state index contributed by atoms with van der Waals surface area (Å²) < 4.78 is 0. The van der Waals surface area contributed by atoms with E-state index in [4.69, 9.17) is 0 Å². The lowest BCUT2D eigenvalue weighted by atomic mass is 9.81. The molecular weight excluding hydrogens is 290 g/mol. The largest absolute Gasteiger partial charge is 0.327 e. The average molecular weight is 315 g/mol. The quantitative estimate of drug-likeness (QED) is 0.804. The second-order valence-corrected chi connectivity index (χ2v) is 7.03. The Morgan fingerprint density at radius 2 is 1.87 bits per heavy atom. The van der Waals surface area contributed by atoms with Crippen molar-refractivity contribution in [2.75, 3.05) is 7.05 Å². The van der Waals surface area contributed by atoms with Crippen molar-refractivity contribution in [2.24, 2.45) is 0 Å². The second kappa shape index (κ2) is 5.95. The van der Waals surface area contributed by atoms with Crippen LogP contribution in [0.25, 0.3) is 0 Å². The molecule has 0 radical (unpaired) electrons. The van der Waals surface area contributed by atoms with Crippen LogP contribution >= 0.6 is 0 Å². The number of carbonyl (C=O) groups excluding carboxylic acids is 2. The Kier molecular flexibility index (Phi) is 4.13. The Morgan fingerprint density at radius 3 is 2.52 bits per heavy atom. The molecule has 124 valence electrons. The highest BCUT2D eigenvalue weighted by molar-refractivity contribution is 6.06. The number of nitrogens with zero attached hydrogens (tertiary/aromatic N) is 3. The van der Waals surface area contributed by atoms with Crippen molar-refractivity contribution in [1.82, 2.24) is 14.8 Å². The zero-order valence-electron chi connectivity index (χ0n) is 14.2. The molecule has 1 aliphatic heterocycles. The predicted molar refractivity (Wildman–Crippen MR) is 87.9 cm³/mol. The molecule has 2 heterocycles. The van der Waals surface area contributed by atoms with Crippen LogP contribution in [0.15, 0.2) is 18.2 Å². The molecule has 1 aromatic heterocycles. The third kappa shape index (κ3) is 2.62. The lowest BCUT2D eigenvalue weighted by molar-refractivity contribution is -0.134. The van der Waals surface area contributed by atoms with Gasteiger partial charge in [-0.15, -0.1) is 0 Å². The first kappa shape index (κ1) is 16.0. The summed E-state index contributed by atoms with van der Waals surface area (Å²) in [5.74, 6) is 0.286. The third-order valence-electron chi connectivity index (χ3n) is 5.22. The summed E-state index contributed by atoms with van der Waals surface area (Å²) in [6.07, 6.45) is 4.74. The van der Waals surface area contributed by atoms with Crippen molar-refractivity contribution in [1.29, 1.82) is 0 Å². The molecule has 0 aromatic carbocycles. The van der Waals surface area contributed by atoms with Gasteiger partial charge < -0.3 is 4.90 Å². The average Bonchev–Trinajstić information content (AvgIpc) is 2.72. The highest BCUT2D eigenvalue weighted by Gasteiger charge is 2.55. The summed E-state index contributed by atoms with van der Waals surface area (Å²) in [5, 5.41) is 0. The predicted octanol–water partition coefficient (Wildman–Crippen LogP) is 3.30. The van der Waals surface area contributed by atoms with Gasteiger partial charge >= 0.3 is 6.03 Å². The Balaban J connectivity index is 1.84. The van der Waals surface area contributed by atoms with Crippen LogP contribution in [-0.4, -0.2) is 39.3 Å². The normalized spacial score (nSPS) is 20.9. The van der Waals surface area contributed by atoms with Gasteiger partial charge in [-0.3, -0.25) is 14.7 Å². The summed E-state index contributed by atoms with van der Waals surface area (Å²) in [4.78, 5) is 33.2. The molecule has 1 aromatic rings. The van der Waals surface area contributed by atoms with Crippen molar-refractivity contribution in [3.63, 3.8) is 0 Å². The van der Waals surface area contributed by atoms with Crippen molar-refractivity contribution >= 4 is 11.9 Å². The van der Waals surface area contributed by atoms with Gasteiger partial charge in [0.15, 0.2) is 0 Å². The first-order valence-electron chi connectivity index (χ1n) is 8.51. The van der Waals surface area contributed by atoms with E-state index in [1.54, 1.807) is 11.9 Å². The number of likely N-dealkylation sites (N-methyl/N-ethyl adjacent to an activating group) is 1. The number of hydrogen-bond acceptors (Lipinski definition) is 3. The molecule has 3 rings (SSSR count). The molecule has 0 atom stereocenters. The van der Waals surface area contributed by atoms with Gasteiger partial charge in [-0.05, 0) is 30.9 Å². The number of hydrogen-bond donors (Lipinski definition) is 0. The fraction of sp³-hybridized carbons (Fsp3) is 0.611. The maximum absolute atomic E-state index is 13.0.